The van der Waals surface area contributed by atoms with Crippen LogP contribution in [0.5, 0.6) is 0 Å². The molecule has 0 unspecified atom stereocenters. The van der Waals surface area contributed by atoms with Gasteiger partial charge >= 0.3 is 6.09 Å². The van der Waals surface area contributed by atoms with Gasteiger partial charge in [0, 0.05) is 24.7 Å². The Balaban J connectivity index is 1.73. The van der Waals surface area contributed by atoms with E-state index in [2.05, 4.69) is 10.6 Å². The zero-order chi connectivity index (χ0) is 20.0. The molecule has 2 rings (SSSR count). The first-order chi connectivity index (χ1) is 12.6. The molecule has 0 spiro atoms. The van der Waals surface area contributed by atoms with Crippen LogP contribution in [0.3, 0.4) is 0 Å². The van der Waals surface area contributed by atoms with E-state index in [1.165, 1.54) is 18.2 Å². The topological polar surface area (TPSA) is 87.7 Å². The third kappa shape index (κ3) is 6.88. The van der Waals surface area contributed by atoms with Gasteiger partial charge in [-0.2, -0.15) is 0 Å². The minimum absolute atomic E-state index is 0.0745. The van der Waals surface area contributed by atoms with Gasteiger partial charge in [-0.1, -0.05) is 6.07 Å². The van der Waals surface area contributed by atoms with E-state index in [-0.39, 0.29) is 24.4 Å². The summed E-state index contributed by atoms with van der Waals surface area (Å²) < 4.78 is 18.3. The lowest BCUT2D eigenvalue weighted by molar-refractivity contribution is -0.121. The summed E-state index contributed by atoms with van der Waals surface area (Å²) in [5, 5.41) is 5.25. The third-order valence-corrected chi connectivity index (χ3v) is 4.01. The van der Waals surface area contributed by atoms with Crippen molar-refractivity contribution in [3.63, 3.8) is 0 Å². The Morgan fingerprint density at radius 3 is 2.48 bits per heavy atom. The number of hydrogen-bond donors (Lipinski definition) is 2. The molecule has 1 aliphatic heterocycles. The standard InChI is InChI=1S/C19H26FN3O4/c1-19(2,3)27-18(26)21-12-16(24)22-15-7-9-23(10-8-15)17(25)13-5-4-6-14(20)11-13/h4-6,11,15H,7-10,12H2,1-3H3,(H,21,26)(H,22,24). The third-order valence-electron chi connectivity index (χ3n) is 4.01. The lowest BCUT2D eigenvalue weighted by Gasteiger charge is -2.32. The highest BCUT2D eigenvalue weighted by molar-refractivity contribution is 5.94. The van der Waals surface area contributed by atoms with Crippen molar-refractivity contribution in [3.05, 3.63) is 35.6 Å². The number of halogens is 1. The molecule has 3 amide bonds. The molecule has 1 aromatic carbocycles. The van der Waals surface area contributed by atoms with Gasteiger partial charge in [0.1, 0.15) is 18.0 Å². The highest BCUT2D eigenvalue weighted by Crippen LogP contribution is 2.15. The van der Waals surface area contributed by atoms with Gasteiger partial charge in [0.05, 0.1) is 0 Å². The van der Waals surface area contributed by atoms with Crippen LogP contribution in [-0.2, 0) is 9.53 Å². The van der Waals surface area contributed by atoms with Crippen LogP contribution >= 0.6 is 0 Å². The Bertz CT molecular complexity index is 694. The molecule has 1 saturated heterocycles. The first kappa shape index (κ1) is 20.7. The maximum Gasteiger partial charge on any atom is 0.408 e. The molecule has 148 valence electrons. The molecule has 8 heteroatoms. The fraction of sp³-hybridized carbons (Fsp3) is 0.526. The molecule has 0 atom stereocenters. The monoisotopic (exact) mass is 379 g/mol. The highest BCUT2D eigenvalue weighted by Gasteiger charge is 2.25. The number of benzene rings is 1. The van der Waals surface area contributed by atoms with Crippen molar-refractivity contribution >= 4 is 17.9 Å². The van der Waals surface area contributed by atoms with Gasteiger partial charge in [0.25, 0.3) is 5.91 Å². The normalized spacial score (nSPS) is 15.2. The van der Waals surface area contributed by atoms with E-state index in [9.17, 15) is 18.8 Å². The minimum atomic E-state index is -0.645. The van der Waals surface area contributed by atoms with Crippen molar-refractivity contribution in [3.8, 4) is 0 Å². The predicted molar refractivity (Wildman–Crippen MR) is 97.7 cm³/mol. The molecule has 1 heterocycles. The molecule has 27 heavy (non-hydrogen) atoms. The molecular formula is C19H26FN3O4. The number of likely N-dealkylation sites (tertiary alicyclic amines) is 1. The Morgan fingerprint density at radius 2 is 1.89 bits per heavy atom. The average Bonchev–Trinajstić information content (AvgIpc) is 2.58. The number of amides is 3. The van der Waals surface area contributed by atoms with E-state index >= 15 is 0 Å². The molecule has 0 radical (unpaired) electrons. The second kappa shape index (κ2) is 8.83. The number of ether oxygens (including phenoxy) is 1. The van der Waals surface area contributed by atoms with Crippen LogP contribution in [0.2, 0.25) is 0 Å². The molecule has 1 fully saturated rings. The number of rotatable bonds is 4. The molecule has 1 aromatic rings. The van der Waals surface area contributed by atoms with Gasteiger partial charge in [0.15, 0.2) is 0 Å². The maximum atomic E-state index is 13.3. The summed E-state index contributed by atoms with van der Waals surface area (Å²) in [6, 6.07) is 5.53. The first-order valence-corrected chi connectivity index (χ1v) is 8.95. The van der Waals surface area contributed by atoms with Crippen LogP contribution in [0.25, 0.3) is 0 Å². The van der Waals surface area contributed by atoms with E-state index in [0.717, 1.165) is 0 Å². The largest absolute Gasteiger partial charge is 0.444 e. The van der Waals surface area contributed by atoms with Gasteiger partial charge in [-0.05, 0) is 51.8 Å². The van der Waals surface area contributed by atoms with Crippen LogP contribution in [0, 0.1) is 5.82 Å². The molecule has 7 nitrogen and oxygen atoms in total. The van der Waals surface area contributed by atoms with Crippen LogP contribution in [-0.4, -0.2) is 54.1 Å². The fourth-order valence-corrected chi connectivity index (χ4v) is 2.78. The average molecular weight is 379 g/mol. The predicted octanol–water partition coefficient (Wildman–Crippen LogP) is 2.07. The molecule has 1 aliphatic rings. The Morgan fingerprint density at radius 1 is 1.22 bits per heavy atom. The van der Waals surface area contributed by atoms with Gasteiger partial charge < -0.3 is 20.3 Å². The molecule has 0 saturated carbocycles. The number of alkyl carbamates (subject to hydrolysis) is 1. The lowest BCUT2D eigenvalue weighted by atomic mass is 10.0. The SMILES string of the molecule is CC(C)(C)OC(=O)NCC(=O)NC1CCN(C(=O)c2cccc(F)c2)CC1. The van der Waals surface area contributed by atoms with Crippen LogP contribution in [0.1, 0.15) is 44.0 Å². The number of piperidine rings is 1. The number of carbonyl (C=O) groups excluding carboxylic acids is 3. The zero-order valence-electron chi connectivity index (χ0n) is 15.9. The number of carbonyl (C=O) groups is 3. The summed E-state index contributed by atoms with van der Waals surface area (Å²) in [6.07, 6.45) is 0.548. The summed E-state index contributed by atoms with van der Waals surface area (Å²) in [7, 11) is 0. The molecule has 2 N–H and O–H groups in total. The van der Waals surface area contributed by atoms with Gasteiger partial charge in [-0.3, -0.25) is 9.59 Å². The van der Waals surface area contributed by atoms with Crippen molar-refractivity contribution < 1.29 is 23.5 Å². The fourth-order valence-electron chi connectivity index (χ4n) is 2.78. The van der Waals surface area contributed by atoms with E-state index in [1.807, 2.05) is 0 Å². The lowest BCUT2D eigenvalue weighted by Crippen LogP contribution is -2.49. The second-order valence-electron chi connectivity index (χ2n) is 7.50. The van der Waals surface area contributed by atoms with Crippen LogP contribution in [0.4, 0.5) is 9.18 Å². The summed E-state index contributed by atoms with van der Waals surface area (Å²) in [4.78, 5) is 37.5. The Kier molecular flexibility index (Phi) is 6.76. The van der Waals surface area contributed by atoms with E-state index in [4.69, 9.17) is 4.74 Å². The van der Waals surface area contributed by atoms with Gasteiger partial charge in [-0.15, -0.1) is 0 Å². The quantitative estimate of drug-likeness (QED) is 0.838. The van der Waals surface area contributed by atoms with E-state index in [0.29, 0.717) is 31.5 Å². The second-order valence-corrected chi connectivity index (χ2v) is 7.50. The van der Waals surface area contributed by atoms with Gasteiger partial charge in [0.2, 0.25) is 5.91 Å². The smallest absolute Gasteiger partial charge is 0.408 e. The molecule has 0 aliphatic carbocycles. The van der Waals surface area contributed by atoms with E-state index < -0.39 is 17.5 Å². The first-order valence-electron chi connectivity index (χ1n) is 8.95. The van der Waals surface area contributed by atoms with Crippen LogP contribution in [0.15, 0.2) is 24.3 Å². The molecular weight excluding hydrogens is 353 g/mol. The van der Waals surface area contributed by atoms with Crippen molar-refractivity contribution in [1.29, 1.82) is 0 Å². The number of nitrogens with zero attached hydrogens (tertiary/aromatic N) is 1. The van der Waals surface area contributed by atoms with Crippen molar-refractivity contribution in [2.45, 2.75) is 45.3 Å². The number of nitrogens with one attached hydrogen (secondary N) is 2. The van der Waals surface area contributed by atoms with Crippen molar-refractivity contribution in [1.82, 2.24) is 15.5 Å². The van der Waals surface area contributed by atoms with Gasteiger partial charge in [-0.25, -0.2) is 9.18 Å². The molecule has 0 aromatic heterocycles. The van der Waals surface area contributed by atoms with E-state index in [1.54, 1.807) is 31.7 Å². The van der Waals surface area contributed by atoms with Crippen molar-refractivity contribution in [2.24, 2.45) is 0 Å². The summed E-state index contributed by atoms with van der Waals surface area (Å²) in [6.45, 7) is 6.00. The highest BCUT2D eigenvalue weighted by atomic mass is 19.1. The summed E-state index contributed by atoms with van der Waals surface area (Å²) in [5.74, 6) is -0.970. The summed E-state index contributed by atoms with van der Waals surface area (Å²) in [5.41, 5.74) is -0.305. The number of hydrogen-bond acceptors (Lipinski definition) is 4. The Hall–Kier alpha value is -2.64. The molecule has 0 bridgehead atoms. The van der Waals surface area contributed by atoms with Crippen molar-refractivity contribution in [2.75, 3.05) is 19.6 Å². The Labute approximate surface area is 158 Å². The van der Waals surface area contributed by atoms with Crippen LogP contribution < -0.4 is 10.6 Å². The minimum Gasteiger partial charge on any atom is -0.444 e. The zero-order valence-corrected chi connectivity index (χ0v) is 15.9. The summed E-state index contributed by atoms with van der Waals surface area (Å²) >= 11 is 0. The maximum absolute atomic E-state index is 13.3.